The Balaban J connectivity index is 2.26. The van der Waals surface area contributed by atoms with Gasteiger partial charge in [-0.2, -0.15) is 0 Å². The molecule has 0 amide bonds. The summed E-state index contributed by atoms with van der Waals surface area (Å²) in [5, 5.41) is 0. The number of piperidine rings is 1. The van der Waals surface area contributed by atoms with Crippen LogP contribution in [-0.2, 0) is 0 Å². The van der Waals surface area contributed by atoms with Gasteiger partial charge in [0.05, 0.1) is 0 Å². The predicted molar refractivity (Wildman–Crippen MR) is 87.7 cm³/mol. The van der Waals surface area contributed by atoms with Crippen molar-refractivity contribution < 1.29 is 0 Å². The predicted octanol–water partition coefficient (Wildman–Crippen LogP) is 3.90. The van der Waals surface area contributed by atoms with Crippen LogP contribution >= 0.6 is 0 Å². The Morgan fingerprint density at radius 3 is 2.30 bits per heavy atom. The summed E-state index contributed by atoms with van der Waals surface area (Å²) >= 11 is 0. The molecule has 118 valence electrons. The summed E-state index contributed by atoms with van der Waals surface area (Å²) < 4.78 is 0. The topological polar surface area (TPSA) is 29.3 Å². The van der Waals surface area contributed by atoms with Crippen LogP contribution in [0, 0.1) is 23.2 Å². The Labute approximate surface area is 126 Å². The van der Waals surface area contributed by atoms with Gasteiger partial charge in [-0.25, -0.2) is 0 Å². The minimum atomic E-state index is 0.248. The number of rotatable bonds is 2. The molecule has 1 saturated heterocycles. The largest absolute Gasteiger partial charge is 0.329 e. The lowest BCUT2D eigenvalue weighted by atomic mass is 9.62. The zero-order chi connectivity index (χ0) is 15.1. The molecular weight excluding hydrogens is 244 g/mol. The van der Waals surface area contributed by atoms with Crippen molar-refractivity contribution in [3.05, 3.63) is 0 Å². The van der Waals surface area contributed by atoms with Gasteiger partial charge in [-0.1, -0.05) is 34.6 Å². The third-order valence-corrected chi connectivity index (χ3v) is 6.53. The van der Waals surface area contributed by atoms with Crippen LogP contribution < -0.4 is 5.73 Å². The van der Waals surface area contributed by atoms with Gasteiger partial charge < -0.3 is 5.73 Å². The van der Waals surface area contributed by atoms with Crippen LogP contribution in [0.5, 0.6) is 0 Å². The van der Waals surface area contributed by atoms with E-state index >= 15 is 0 Å². The Kier molecular flexibility index (Phi) is 4.57. The van der Waals surface area contributed by atoms with E-state index in [-0.39, 0.29) is 5.54 Å². The van der Waals surface area contributed by atoms with Crippen molar-refractivity contribution >= 4 is 0 Å². The van der Waals surface area contributed by atoms with Gasteiger partial charge in [0, 0.05) is 24.7 Å². The van der Waals surface area contributed by atoms with E-state index in [2.05, 4.69) is 46.4 Å². The Bertz CT molecular complexity index is 338. The van der Waals surface area contributed by atoms with E-state index in [0.717, 1.165) is 18.4 Å². The Morgan fingerprint density at radius 2 is 1.75 bits per heavy atom. The van der Waals surface area contributed by atoms with Crippen molar-refractivity contribution in [3.63, 3.8) is 0 Å². The molecule has 1 aliphatic carbocycles. The molecule has 0 aromatic carbocycles. The third-order valence-electron chi connectivity index (χ3n) is 6.53. The van der Waals surface area contributed by atoms with Crippen LogP contribution in [0.3, 0.4) is 0 Å². The molecule has 0 radical (unpaired) electrons. The van der Waals surface area contributed by atoms with Gasteiger partial charge in [-0.3, -0.25) is 4.90 Å². The molecule has 2 heteroatoms. The summed E-state index contributed by atoms with van der Waals surface area (Å²) in [5.74, 6) is 2.31. The van der Waals surface area contributed by atoms with E-state index in [9.17, 15) is 0 Å². The van der Waals surface area contributed by atoms with Gasteiger partial charge in [-0.15, -0.1) is 0 Å². The molecule has 2 aliphatic rings. The molecule has 1 saturated carbocycles. The van der Waals surface area contributed by atoms with E-state index in [1.807, 2.05) is 0 Å². The van der Waals surface area contributed by atoms with Gasteiger partial charge >= 0.3 is 0 Å². The summed E-state index contributed by atoms with van der Waals surface area (Å²) in [4.78, 5) is 2.81. The first-order valence-electron chi connectivity index (χ1n) is 8.68. The second-order valence-electron chi connectivity index (χ2n) is 8.79. The number of hydrogen-bond acceptors (Lipinski definition) is 2. The fourth-order valence-corrected chi connectivity index (χ4v) is 5.07. The first-order chi connectivity index (χ1) is 9.22. The average Bonchev–Trinajstić information content (AvgIpc) is 2.34. The lowest BCUT2D eigenvalue weighted by Crippen LogP contribution is -2.66. The zero-order valence-corrected chi connectivity index (χ0v) is 14.6. The number of nitrogens with zero attached hydrogens (tertiary/aromatic N) is 1. The standard InChI is InChI=1S/C18H36N2/c1-13-9-14(2)16(4)20(11-13)18(12-19)8-7-17(5,6)10-15(18)3/h13-16H,7-12,19H2,1-6H3. The SMILES string of the molecule is CC1CC(C)C(C)N(C2(CN)CCC(C)(C)CC2C)C1. The van der Waals surface area contributed by atoms with Crippen LogP contribution in [0.2, 0.25) is 0 Å². The summed E-state index contributed by atoms with van der Waals surface area (Å²) in [5.41, 5.74) is 7.10. The quantitative estimate of drug-likeness (QED) is 0.831. The van der Waals surface area contributed by atoms with Crippen LogP contribution in [0.4, 0.5) is 0 Å². The van der Waals surface area contributed by atoms with Crippen LogP contribution in [-0.4, -0.2) is 29.6 Å². The maximum absolute atomic E-state index is 6.36. The summed E-state index contributed by atoms with van der Waals surface area (Å²) in [6.45, 7) is 16.6. The van der Waals surface area contributed by atoms with Gasteiger partial charge in [-0.05, 0) is 55.8 Å². The van der Waals surface area contributed by atoms with Crippen LogP contribution in [0.1, 0.15) is 67.2 Å². The van der Waals surface area contributed by atoms with E-state index < -0.39 is 0 Å². The molecular formula is C18H36N2. The number of nitrogens with two attached hydrogens (primary N) is 1. The summed E-state index contributed by atoms with van der Waals surface area (Å²) in [6, 6.07) is 0.679. The molecule has 0 aromatic rings. The molecule has 0 aromatic heterocycles. The molecule has 0 bridgehead atoms. The monoisotopic (exact) mass is 280 g/mol. The minimum Gasteiger partial charge on any atom is -0.329 e. The van der Waals surface area contributed by atoms with Crippen molar-refractivity contribution in [1.82, 2.24) is 4.90 Å². The van der Waals surface area contributed by atoms with Gasteiger partial charge in [0.25, 0.3) is 0 Å². The Hall–Kier alpha value is -0.0800. The first kappa shape index (κ1) is 16.3. The van der Waals surface area contributed by atoms with Crippen LogP contribution in [0.25, 0.3) is 0 Å². The number of likely N-dealkylation sites (tertiary alicyclic amines) is 1. The summed E-state index contributed by atoms with van der Waals surface area (Å²) in [7, 11) is 0. The molecule has 2 N–H and O–H groups in total. The molecule has 5 atom stereocenters. The van der Waals surface area contributed by atoms with Crippen molar-refractivity contribution in [2.45, 2.75) is 78.8 Å². The molecule has 2 rings (SSSR count). The number of hydrogen-bond donors (Lipinski definition) is 1. The highest BCUT2D eigenvalue weighted by atomic mass is 15.3. The minimum absolute atomic E-state index is 0.248. The normalized spacial score (nSPS) is 46.4. The maximum atomic E-state index is 6.36. The summed E-state index contributed by atoms with van der Waals surface area (Å²) in [6.07, 6.45) is 5.29. The van der Waals surface area contributed by atoms with Crippen molar-refractivity contribution in [2.75, 3.05) is 13.1 Å². The molecule has 5 unspecified atom stereocenters. The molecule has 1 heterocycles. The Morgan fingerprint density at radius 1 is 1.10 bits per heavy atom. The van der Waals surface area contributed by atoms with E-state index in [1.54, 1.807) is 0 Å². The van der Waals surface area contributed by atoms with Gasteiger partial charge in [0.1, 0.15) is 0 Å². The highest BCUT2D eigenvalue weighted by Crippen LogP contribution is 2.48. The fraction of sp³-hybridized carbons (Fsp3) is 1.00. The lowest BCUT2D eigenvalue weighted by Gasteiger charge is -2.58. The second-order valence-corrected chi connectivity index (χ2v) is 8.79. The van der Waals surface area contributed by atoms with Crippen molar-refractivity contribution in [1.29, 1.82) is 0 Å². The smallest absolute Gasteiger partial charge is 0.0360 e. The lowest BCUT2D eigenvalue weighted by molar-refractivity contribution is -0.0802. The average molecular weight is 280 g/mol. The van der Waals surface area contributed by atoms with Crippen molar-refractivity contribution in [3.8, 4) is 0 Å². The highest BCUT2D eigenvalue weighted by molar-refractivity contribution is 5.05. The van der Waals surface area contributed by atoms with Crippen molar-refractivity contribution in [2.24, 2.45) is 28.9 Å². The van der Waals surface area contributed by atoms with Gasteiger partial charge in [0.2, 0.25) is 0 Å². The third kappa shape index (κ3) is 2.78. The first-order valence-corrected chi connectivity index (χ1v) is 8.68. The maximum Gasteiger partial charge on any atom is 0.0360 e. The van der Waals surface area contributed by atoms with Crippen LogP contribution in [0.15, 0.2) is 0 Å². The molecule has 2 fully saturated rings. The molecule has 20 heavy (non-hydrogen) atoms. The molecule has 0 spiro atoms. The zero-order valence-electron chi connectivity index (χ0n) is 14.6. The highest BCUT2D eigenvalue weighted by Gasteiger charge is 2.49. The molecule has 1 aliphatic heterocycles. The second kappa shape index (κ2) is 5.61. The van der Waals surface area contributed by atoms with E-state index in [0.29, 0.717) is 17.4 Å². The van der Waals surface area contributed by atoms with E-state index in [4.69, 9.17) is 5.73 Å². The van der Waals surface area contributed by atoms with E-state index in [1.165, 1.54) is 32.2 Å². The van der Waals surface area contributed by atoms with Gasteiger partial charge in [0.15, 0.2) is 0 Å². The fourth-order valence-electron chi connectivity index (χ4n) is 5.07. The molecule has 2 nitrogen and oxygen atoms in total.